The molecule has 0 radical (unpaired) electrons. The van der Waals surface area contributed by atoms with Crippen LogP contribution in [-0.2, 0) is 6.18 Å². The Morgan fingerprint density at radius 3 is 2.60 bits per heavy atom. The quantitative estimate of drug-likeness (QED) is 0.507. The van der Waals surface area contributed by atoms with Crippen molar-refractivity contribution < 1.29 is 18.0 Å². The number of carbonyl (C=O) groups excluding carboxylic acids is 1. The van der Waals surface area contributed by atoms with Gasteiger partial charge in [0.25, 0.3) is 11.5 Å². The highest BCUT2D eigenvalue weighted by atomic mass is 19.4. The van der Waals surface area contributed by atoms with E-state index < -0.39 is 17.6 Å². The van der Waals surface area contributed by atoms with Crippen molar-refractivity contribution in [3.05, 3.63) is 94.5 Å². The molecule has 2 N–H and O–H groups in total. The number of nitrogens with one attached hydrogen (secondary N) is 2. The summed E-state index contributed by atoms with van der Waals surface area (Å²) < 4.78 is 38.6. The zero-order valence-corrected chi connectivity index (χ0v) is 15.3. The number of rotatable bonds is 3. The summed E-state index contributed by atoms with van der Waals surface area (Å²) in [5.74, 6) is -0.685. The van der Waals surface area contributed by atoms with Gasteiger partial charge in [0.05, 0.1) is 11.1 Å². The molecule has 0 atom stereocenters. The molecule has 0 aliphatic heterocycles. The lowest BCUT2D eigenvalue weighted by Crippen LogP contribution is -2.14. The van der Waals surface area contributed by atoms with Crippen molar-refractivity contribution in [1.29, 1.82) is 0 Å². The van der Waals surface area contributed by atoms with Crippen molar-refractivity contribution in [2.75, 3.05) is 5.32 Å². The summed E-state index contributed by atoms with van der Waals surface area (Å²) in [5, 5.41) is 3.31. The number of hydrogen-bond donors (Lipinski definition) is 2. The van der Waals surface area contributed by atoms with Crippen LogP contribution in [0, 0.1) is 0 Å². The number of alkyl halides is 3. The smallest absolute Gasteiger partial charge is 0.322 e. The summed E-state index contributed by atoms with van der Waals surface area (Å²) in [7, 11) is 0. The minimum Gasteiger partial charge on any atom is -0.322 e. The molecule has 1 amide bonds. The van der Waals surface area contributed by atoms with Crippen LogP contribution >= 0.6 is 0 Å². The van der Waals surface area contributed by atoms with Crippen LogP contribution in [0.25, 0.3) is 22.0 Å². The average Bonchev–Trinajstić information content (AvgIpc) is 2.73. The molecule has 2 aromatic heterocycles. The van der Waals surface area contributed by atoms with Crippen molar-refractivity contribution in [1.82, 2.24) is 9.97 Å². The first-order valence-electron chi connectivity index (χ1n) is 8.87. The summed E-state index contributed by atoms with van der Waals surface area (Å²) in [5.41, 5.74) is 0.586. The Hall–Kier alpha value is -3.94. The summed E-state index contributed by atoms with van der Waals surface area (Å²) in [6.45, 7) is 0. The van der Waals surface area contributed by atoms with Gasteiger partial charge in [-0.3, -0.25) is 14.6 Å². The van der Waals surface area contributed by atoms with Gasteiger partial charge in [0.15, 0.2) is 0 Å². The van der Waals surface area contributed by atoms with E-state index in [0.717, 1.165) is 17.5 Å². The number of H-pyrrole nitrogens is 1. The van der Waals surface area contributed by atoms with Gasteiger partial charge in [-0.1, -0.05) is 18.2 Å². The molecule has 0 aliphatic rings. The molecule has 5 nitrogen and oxygen atoms in total. The van der Waals surface area contributed by atoms with Crippen LogP contribution in [-0.4, -0.2) is 15.9 Å². The van der Waals surface area contributed by atoms with E-state index in [1.54, 1.807) is 48.8 Å². The standard InChI is InChI=1S/C22H14F3N3O2/c23-22(24,25)16-5-1-4-14(9-16)20(29)27-17-6-2-3-13(10-17)18-11-15-12-26-8-7-19(15)28-21(18)30/h1-12H,(H,27,29)(H,28,30). The van der Waals surface area contributed by atoms with Crippen molar-refractivity contribution in [2.45, 2.75) is 6.18 Å². The van der Waals surface area contributed by atoms with Crippen LogP contribution in [0.1, 0.15) is 15.9 Å². The van der Waals surface area contributed by atoms with Crippen LogP contribution < -0.4 is 10.9 Å². The number of pyridine rings is 2. The lowest BCUT2D eigenvalue weighted by Gasteiger charge is -2.10. The van der Waals surface area contributed by atoms with Gasteiger partial charge in [-0.15, -0.1) is 0 Å². The number of benzene rings is 2. The Balaban J connectivity index is 1.64. The predicted octanol–water partition coefficient (Wildman–Crippen LogP) is 4.86. The molecule has 0 aliphatic carbocycles. The maximum absolute atomic E-state index is 12.9. The second kappa shape index (κ2) is 7.47. The first-order chi connectivity index (χ1) is 14.3. The van der Waals surface area contributed by atoms with Gasteiger partial charge >= 0.3 is 6.18 Å². The number of aromatic nitrogens is 2. The normalized spacial score (nSPS) is 11.4. The third kappa shape index (κ3) is 3.93. The van der Waals surface area contributed by atoms with Crippen LogP contribution in [0.5, 0.6) is 0 Å². The first-order valence-corrected chi connectivity index (χ1v) is 8.87. The zero-order chi connectivity index (χ0) is 21.3. The topological polar surface area (TPSA) is 74.8 Å². The SMILES string of the molecule is O=C(Nc1cccc(-c2cc3cnccc3[nH]c2=O)c1)c1cccc(C(F)(F)F)c1. The summed E-state index contributed by atoms with van der Waals surface area (Å²) >= 11 is 0. The monoisotopic (exact) mass is 409 g/mol. The van der Waals surface area contributed by atoms with E-state index >= 15 is 0 Å². The minimum absolute atomic E-state index is 0.121. The number of nitrogens with zero attached hydrogens (tertiary/aromatic N) is 1. The average molecular weight is 409 g/mol. The fourth-order valence-corrected chi connectivity index (χ4v) is 3.07. The second-order valence-electron chi connectivity index (χ2n) is 6.59. The van der Waals surface area contributed by atoms with E-state index in [1.807, 2.05) is 0 Å². The molecule has 0 saturated heterocycles. The Bertz CT molecular complexity index is 1310. The second-order valence-corrected chi connectivity index (χ2v) is 6.59. The van der Waals surface area contributed by atoms with E-state index in [2.05, 4.69) is 15.3 Å². The Labute approximate surface area is 168 Å². The highest BCUT2D eigenvalue weighted by molar-refractivity contribution is 6.04. The molecule has 0 unspecified atom stereocenters. The van der Waals surface area contributed by atoms with E-state index in [-0.39, 0.29) is 11.1 Å². The third-order valence-corrected chi connectivity index (χ3v) is 4.53. The Morgan fingerprint density at radius 1 is 1.00 bits per heavy atom. The molecule has 0 spiro atoms. The van der Waals surface area contributed by atoms with Crippen LogP contribution in [0.4, 0.5) is 18.9 Å². The van der Waals surface area contributed by atoms with Crippen LogP contribution in [0.15, 0.2) is 77.9 Å². The van der Waals surface area contributed by atoms with Crippen molar-refractivity contribution in [3.63, 3.8) is 0 Å². The molecule has 4 aromatic rings. The van der Waals surface area contributed by atoms with Crippen molar-refractivity contribution >= 4 is 22.5 Å². The molecule has 2 aromatic carbocycles. The van der Waals surface area contributed by atoms with Gasteiger partial charge in [-0.2, -0.15) is 13.2 Å². The van der Waals surface area contributed by atoms with E-state index in [4.69, 9.17) is 0 Å². The molecule has 4 rings (SSSR count). The van der Waals surface area contributed by atoms with Crippen LogP contribution in [0.3, 0.4) is 0 Å². The molecule has 0 saturated carbocycles. The Kier molecular flexibility index (Phi) is 4.83. The number of fused-ring (bicyclic) bond motifs is 1. The number of amides is 1. The molecular formula is C22H14F3N3O2. The molecule has 0 bridgehead atoms. The number of aromatic amines is 1. The highest BCUT2D eigenvalue weighted by Gasteiger charge is 2.30. The molecule has 150 valence electrons. The number of anilines is 1. The van der Waals surface area contributed by atoms with Gasteiger partial charge in [-0.05, 0) is 48.0 Å². The summed E-state index contributed by atoms with van der Waals surface area (Å²) in [6.07, 6.45) is -1.35. The van der Waals surface area contributed by atoms with Gasteiger partial charge in [0.2, 0.25) is 0 Å². The van der Waals surface area contributed by atoms with Crippen molar-refractivity contribution in [3.8, 4) is 11.1 Å². The number of halogens is 3. The lowest BCUT2D eigenvalue weighted by molar-refractivity contribution is -0.137. The molecule has 2 heterocycles. The van der Waals surface area contributed by atoms with Gasteiger partial charge in [0, 0.05) is 34.6 Å². The van der Waals surface area contributed by atoms with Gasteiger partial charge in [0.1, 0.15) is 0 Å². The predicted molar refractivity (Wildman–Crippen MR) is 107 cm³/mol. The molecule has 30 heavy (non-hydrogen) atoms. The maximum atomic E-state index is 12.9. The summed E-state index contributed by atoms with van der Waals surface area (Å²) in [4.78, 5) is 31.7. The molecular weight excluding hydrogens is 395 g/mol. The van der Waals surface area contributed by atoms with Gasteiger partial charge < -0.3 is 10.3 Å². The summed E-state index contributed by atoms with van der Waals surface area (Å²) in [6, 6.07) is 14.1. The zero-order valence-electron chi connectivity index (χ0n) is 15.3. The Morgan fingerprint density at radius 2 is 1.80 bits per heavy atom. The van der Waals surface area contributed by atoms with Gasteiger partial charge in [-0.25, -0.2) is 0 Å². The van der Waals surface area contributed by atoms with Crippen LogP contribution in [0.2, 0.25) is 0 Å². The first kappa shape index (κ1) is 19.4. The third-order valence-electron chi connectivity index (χ3n) is 4.53. The highest BCUT2D eigenvalue weighted by Crippen LogP contribution is 2.30. The van der Waals surface area contributed by atoms with Crippen molar-refractivity contribution in [2.24, 2.45) is 0 Å². The number of carbonyl (C=O) groups is 1. The molecule has 0 fully saturated rings. The number of hydrogen-bond acceptors (Lipinski definition) is 3. The fraction of sp³-hybridized carbons (Fsp3) is 0.0455. The maximum Gasteiger partial charge on any atom is 0.416 e. The van der Waals surface area contributed by atoms with E-state index in [9.17, 15) is 22.8 Å². The largest absolute Gasteiger partial charge is 0.416 e. The lowest BCUT2D eigenvalue weighted by atomic mass is 10.0. The molecule has 8 heteroatoms. The minimum atomic E-state index is -4.54. The van der Waals surface area contributed by atoms with E-state index in [1.165, 1.54) is 12.1 Å². The van der Waals surface area contributed by atoms with E-state index in [0.29, 0.717) is 22.3 Å². The fourth-order valence-electron chi connectivity index (χ4n) is 3.07.